The molecule has 0 radical (unpaired) electrons. The van der Waals surface area contributed by atoms with E-state index in [2.05, 4.69) is 30.9 Å². The number of aromatic nitrogens is 2. The maximum absolute atomic E-state index is 11.6. The minimum absolute atomic E-state index is 0.00741. The van der Waals surface area contributed by atoms with Crippen LogP contribution in [0.3, 0.4) is 0 Å². The van der Waals surface area contributed by atoms with Crippen LogP contribution < -0.4 is 4.90 Å². The molecule has 0 N–H and O–H groups in total. The Morgan fingerprint density at radius 1 is 1.53 bits per heavy atom. The smallest absolute Gasteiger partial charge is 0.358 e. The van der Waals surface area contributed by atoms with E-state index in [1.54, 1.807) is 6.07 Å². The number of esters is 1. The third kappa shape index (κ3) is 2.44. The molecule has 1 aromatic rings. The molecule has 0 aromatic carbocycles. The Morgan fingerprint density at radius 2 is 2.29 bits per heavy atom. The second-order valence-electron chi connectivity index (χ2n) is 3.57. The first-order valence-electron chi connectivity index (χ1n) is 4.98. The topological polar surface area (TPSA) is 72.4 Å². The van der Waals surface area contributed by atoms with Gasteiger partial charge in [0.15, 0.2) is 11.5 Å². The van der Waals surface area contributed by atoms with Crippen LogP contribution >= 0.6 is 15.9 Å². The molecule has 17 heavy (non-hydrogen) atoms. The highest BCUT2D eigenvalue weighted by Crippen LogP contribution is 2.22. The summed E-state index contributed by atoms with van der Waals surface area (Å²) >= 11 is 3.38. The molecule has 1 amide bonds. The van der Waals surface area contributed by atoms with Gasteiger partial charge in [0.2, 0.25) is 5.91 Å². The second-order valence-corrected chi connectivity index (χ2v) is 4.87. The van der Waals surface area contributed by atoms with Crippen molar-refractivity contribution in [2.24, 2.45) is 0 Å². The van der Waals surface area contributed by atoms with Crippen LogP contribution in [0.1, 0.15) is 16.9 Å². The summed E-state index contributed by atoms with van der Waals surface area (Å²) in [7, 11) is 1.28. The molecule has 1 unspecified atom stereocenters. The molecule has 0 bridgehead atoms. The molecule has 0 aliphatic carbocycles. The SMILES string of the molecule is COC(=O)c1ccc(N2CC(Br)CC2=O)nn1. The van der Waals surface area contributed by atoms with E-state index < -0.39 is 5.97 Å². The number of alkyl halides is 1. The van der Waals surface area contributed by atoms with Gasteiger partial charge in [0.1, 0.15) is 0 Å². The zero-order valence-corrected chi connectivity index (χ0v) is 10.7. The van der Waals surface area contributed by atoms with Crippen molar-refractivity contribution in [2.45, 2.75) is 11.2 Å². The van der Waals surface area contributed by atoms with Crippen LogP contribution in [-0.2, 0) is 9.53 Å². The van der Waals surface area contributed by atoms with E-state index in [4.69, 9.17) is 0 Å². The lowest BCUT2D eigenvalue weighted by Gasteiger charge is -2.13. The largest absolute Gasteiger partial charge is 0.464 e. The average Bonchev–Trinajstić information content (AvgIpc) is 2.68. The number of carbonyl (C=O) groups is 2. The van der Waals surface area contributed by atoms with Crippen LogP contribution in [0.5, 0.6) is 0 Å². The molecule has 7 heteroatoms. The maximum Gasteiger partial charge on any atom is 0.358 e. The molecule has 1 fully saturated rings. The average molecular weight is 300 g/mol. The number of amides is 1. The van der Waals surface area contributed by atoms with Crippen molar-refractivity contribution in [1.29, 1.82) is 0 Å². The number of anilines is 1. The van der Waals surface area contributed by atoms with Gasteiger partial charge < -0.3 is 4.74 Å². The van der Waals surface area contributed by atoms with Crippen LogP contribution in [0.15, 0.2) is 12.1 Å². The highest BCUT2D eigenvalue weighted by molar-refractivity contribution is 9.09. The Kier molecular flexibility index (Phi) is 3.37. The third-order valence-corrected chi connectivity index (χ3v) is 3.01. The molecular formula is C10H10BrN3O3. The number of hydrogen-bond acceptors (Lipinski definition) is 5. The van der Waals surface area contributed by atoms with Crippen molar-refractivity contribution in [1.82, 2.24) is 10.2 Å². The van der Waals surface area contributed by atoms with Crippen molar-refractivity contribution < 1.29 is 14.3 Å². The fourth-order valence-corrected chi connectivity index (χ4v) is 2.13. The predicted octanol–water partition coefficient (Wildman–Crippen LogP) is 0.763. The van der Waals surface area contributed by atoms with Crippen LogP contribution in [0.4, 0.5) is 5.82 Å². The zero-order valence-electron chi connectivity index (χ0n) is 9.09. The van der Waals surface area contributed by atoms with Gasteiger partial charge in [-0.2, -0.15) is 0 Å². The van der Waals surface area contributed by atoms with E-state index in [0.717, 1.165) is 0 Å². The Labute approximate surface area is 106 Å². The van der Waals surface area contributed by atoms with E-state index in [1.165, 1.54) is 18.1 Å². The molecule has 2 rings (SSSR count). The molecule has 6 nitrogen and oxygen atoms in total. The van der Waals surface area contributed by atoms with Gasteiger partial charge in [0.05, 0.1) is 7.11 Å². The summed E-state index contributed by atoms with van der Waals surface area (Å²) in [6, 6.07) is 3.07. The van der Waals surface area contributed by atoms with Crippen LogP contribution in [-0.4, -0.2) is 40.6 Å². The van der Waals surface area contributed by atoms with Crippen LogP contribution in [0, 0.1) is 0 Å². The molecule has 1 aliphatic rings. The van der Waals surface area contributed by atoms with Crippen molar-refractivity contribution in [2.75, 3.05) is 18.6 Å². The van der Waals surface area contributed by atoms with E-state index in [1.807, 2.05) is 0 Å². The summed E-state index contributed by atoms with van der Waals surface area (Å²) in [5.74, 6) is -0.105. The van der Waals surface area contributed by atoms with Crippen molar-refractivity contribution in [3.63, 3.8) is 0 Å². The van der Waals surface area contributed by atoms with Crippen LogP contribution in [0.2, 0.25) is 0 Å². The van der Waals surface area contributed by atoms with Gasteiger partial charge in [0.25, 0.3) is 0 Å². The third-order valence-electron chi connectivity index (χ3n) is 2.40. The quantitative estimate of drug-likeness (QED) is 0.595. The standard InChI is InChI=1S/C10H10BrN3O3/c1-17-10(16)7-2-3-8(13-12-7)14-5-6(11)4-9(14)15/h2-3,6H,4-5H2,1H3. The van der Waals surface area contributed by atoms with Gasteiger partial charge in [-0.15, -0.1) is 10.2 Å². The summed E-state index contributed by atoms with van der Waals surface area (Å²) < 4.78 is 4.51. The van der Waals surface area contributed by atoms with E-state index >= 15 is 0 Å². The summed E-state index contributed by atoms with van der Waals surface area (Å²) in [5.41, 5.74) is 0.123. The Morgan fingerprint density at radius 3 is 2.76 bits per heavy atom. The summed E-state index contributed by atoms with van der Waals surface area (Å²) in [6.07, 6.45) is 0.445. The number of halogens is 1. The molecule has 0 saturated carbocycles. The fourth-order valence-electron chi connectivity index (χ4n) is 1.57. The number of ether oxygens (including phenoxy) is 1. The minimum Gasteiger partial charge on any atom is -0.464 e. The van der Waals surface area contributed by atoms with E-state index in [-0.39, 0.29) is 16.4 Å². The predicted molar refractivity (Wildman–Crippen MR) is 63.1 cm³/mol. The summed E-state index contributed by atoms with van der Waals surface area (Å²) in [6.45, 7) is 0.561. The molecule has 1 atom stereocenters. The van der Waals surface area contributed by atoms with Gasteiger partial charge >= 0.3 is 5.97 Å². The van der Waals surface area contributed by atoms with Crippen molar-refractivity contribution in [3.05, 3.63) is 17.8 Å². The summed E-state index contributed by atoms with van der Waals surface area (Å²) in [5, 5.41) is 7.57. The first kappa shape index (κ1) is 12.0. The van der Waals surface area contributed by atoms with Crippen molar-refractivity contribution in [3.8, 4) is 0 Å². The van der Waals surface area contributed by atoms with E-state index in [0.29, 0.717) is 18.8 Å². The van der Waals surface area contributed by atoms with E-state index in [9.17, 15) is 9.59 Å². The molecule has 0 spiro atoms. The zero-order chi connectivity index (χ0) is 12.4. The van der Waals surface area contributed by atoms with Gasteiger partial charge in [-0.1, -0.05) is 15.9 Å². The molecule has 1 aliphatic heterocycles. The molecule has 90 valence electrons. The fraction of sp³-hybridized carbons (Fsp3) is 0.400. The number of hydrogen-bond donors (Lipinski definition) is 0. The Hall–Kier alpha value is -1.50. The summed E-state index contributed by atoms with van der Waals surface area (Å²) in [4.78, 5) is 24.4. The lowest BCUT2D eigenvalue weighted by atomic mass is 10.4. The highest BCUT2D eigenvalue weighted by Gasteiger charge is 2.29. The minimum atomic E-state index is -0.546. The lowest BCUT2D eigenvalue weighted by molar-refractivity contribution is -0.117. The maximum atomic E-state index is 11.6. The van der Waals surface area contributed by atoms with Gasteiger partial charge in [-0.25, -0.2) is 4.79 Å². The first-order valence-corrected chi connectivity index (χ1v) is 5.90. The molecule has 1 saturated heterocycles. The van der Waals surface area contributed by atoms with Crippen molar-refractivity contribution >= 4 is 33.6 Å². The molecular weight excluding hydrogens is 290 g/mol. The van der Waals surface area contributed by atoms with Crippen LogP contribution in [0.25, 0.3) is 0 Å². The number of rotatable bonds is 2. The number of nitrogens with zero attached hydrogens (tertiary/aromatic N) is 3. The van der Waals surface area contributed by atoms with Gasteiger partial charge in [-0.3, -0.25) is 9.69 Å². The number of methoxy groups -OCH3 is 1. The number of carbonyl (C=O) groups excluding carboxylic acids is 2. The molecule has 1 aromatic heterocycles. The lowest BCUT2D eigenvalue weighted by Crippen LogP contribution is -2.26. The van der Waals surface area contributed by atoms with Gasteiger partial charge in [-0.05, 0) is 12.1 Å². The highest BCUT2D eigenvalue weighted by atomic mass is 79.9. The Balaban J connectivity index is 2.18. The first-order chi connectivity index (χ1) is 8.11. The molecule has 2 heterocycles. The second kappa shape index (κ2) is 4.79. The van der Waals surface area contributed by atoms with Gasteiger partial charge in [0, 0.05) is 17.8 Å². The monoisotopic (exact) mass is 299 g/mol. The normalized spacial score (nSPS) is 19.5. The Bertz CT molecular complexity index is 449.